The zero-order valence-electron chi connectivity index (χ0n) is 18.0. The molecule has 31 heavy (non-hydrogen) atoms. The van der Waals surface area contributed by atoms with Crippen molar-refractivity contribution in [3.63, 3.8) is 0 Å². The fourth-order valence-electron chi connectivity index (χ4n) is 3.73. The summed E-state index contributed by atoms with van der Waals surface area (Å²) >= 11 is 0. The molecule has 0 bridgehead atoms. The average molecular weight is 425 g/mol. The van der Waals surface area contributed by atoms with Gasteiger partial charge in [-0.3, -0.25) is 19.7 Å². The quantitative estimate of drug-likeness (QED) is 0.512. The van der Waals surface area contributed by atoms with Gasteiger partial charge in [0.1, 0.15) is 0 Å². The highest BCUT2D eigenvalue weighted by Gasteiger charge is 2.33. The molecule has 0 saturated carbocycles. The van der Waals surface area contributed by atoms with E-state index in [2.05, 4.69) is 14.9 Å². The number of nitrogens with one attached hydrogen (secondary N) is 2. The molecule has 0 saturated heterocycles. The Hall–Kier alpha value is -3.52. The molecule has 0 aliphatic carbocycles. The fraction of sp³-hybridized carbons (Fsp3) is 0.304. The number of H-pyrrole nitrogens is 2. The lowest BCUT2D eigenvalue weighted by Gasteiger charge is -2.36. The standard InChI is InChI=1S/C23H27N3O5/c1-14(2)26(13-15-9-6-5-7-10-15)19(18-21(27)24-23(29)25-22(18)28)16-11-8-12-17(30-3)20(16)31-4/h5-12,14,19H,13H2,1-4H3,(H3,24,25,27,28,29)/t19-/m1/s1. The molecule has 8 nitrogen and oxygen atoms in total. The second-order valence-corrected chi connectivity index (χ2v) is 7.41. The molecule has 0 unspecified atom stereocenters. The van der Waals surface area contributed by atoms with Crippen molar-refractivity contribution in [1.29, 1.82) is 0 Å². The zero-order valence-corrected chi connectivity index (χ0v) is 18.0. The highest BCUT2D eigenvalue weighted by molar-refractivity contribution is 5.51. The van der Waals surface area contributed by atoms with Crippen LogP contribution in [-0.4, -0.2) is 40.2 Å². The Morgan fingerprint density at radius 3 is 2.26 bits per heavy atom. The number of hydrogen-bond acceptors (Lipinski definition) is 6. The van der Waals surface area contributed by atoms with Crippen LogP contribution in [0.15, 0.2) is 58.1 Å². The summed E-state index contributed by atoms with van der Waals surface area (Å²) in [6.45, 7) is 4.49. The van der Waals surface area contributed by atoms with Crippen LogP contribution in [-0.2, 0) is 6.54 Å². The van der Waals surface area contributed by atoms with Gasteiger partial charge >= 0.3 is 5.69 Å². The third kappa shape index (κ3) is 4.64. The van der Waals surface area contributed by atoms with Crippen LogP contribution in [0.4, 0.5) is 0 Å². The SMILES string of the molecule is COc1cccc([C@H](c2c(O)[nH]c(=O)[nH]c2=O)N(Cc2ccccc2)C(C)C)c1OC. The van der Waals surface area contributed by atoms with Gasteiger partial charge in [-0.1, -0.05) is 42.5 Å². The normalized spacial score (nSPS) is 12.2. The predicted octanol–water partition coefficient (Wildman–Crippen LogP) is 2.79. The van der Waals surface area contributed by atoms with E-state index in [-0.39, 0.29) is 11.6 Å². The van der Waals surface area contributed by atoms with Gasteiger partial charge in [-0.25, -0.2) is 4.79 Å². The van der Waals surface area contributed by atoms with Crippen molar-refractivity contribution in [3.8, 4) is 17.4 Å². The van der Waals surface area contributed by atoms with Crippen molar-refractivity contribution in [3.05, 3.63) is 86.1 Å². The van der Waals surface area contributed by atoms with Gasteiger partial charge < -0.3 is 14.6 Å². The molecule has 3 rings (SSSR count). The lowest BCUT2D eigenvalue weighted by molar-refractivity contribution is 0.161. The van der Waals surface area contributed by atoms with Crippen molar-refractivity contribution < 1.29 is 14.6 Å². The second-order valence-electron chi connectivity index (χ2n) is 7.41. The van der Waals surface area contributed by atoms with Gasteiger partial charge in [-0.05, 0) is 25.5 Å². The molecule has 0 spiro atoms. The van der Waals surface area contributed by atoms with Gasteiger partial charge in [0.25, 0.3) is 5.56 Å². The predicted molar refractivity (Wildman–Crippen MR) is 118 cm³/mol. The van der Waals surface area contributed by atoms with Gasteiger partial charge in [-0.2, -0.15) is 0 Å². The maximum atomic E-state index is 12.9. The third-order valence-corrected chi connectivity index (χ3v) is 5.16. The number of para-hydroxylation sites is 1. The molecule has 0 aliphatic rings. The topological polar surface area (TPSA) is 108 Å². The van der Waals surface area contributed by atoms with Gasteiger partial charge in [0.2, 0.25) is 5.88 Å². The maximum Gasteiger partial charge on any atom is 0.328 e. The van der Waals surface area contributed by atoms with Gasteiger partial charge in [0, 0.05) is 18.2 Å². The highest BCUT2D eigenvalue weighted by atomic mass is 16.5. The van der Waals surface area contributed by atoms with Crippen molar-refractivity contribution in [2.24, 2.45) is 0 Å². The minimum atomic E-state index is -0.776. The summed E-state index contributed by atoms with van der Waals surface area (Å²) in [5, 5.41) is 10.6. The number of hydrogen-bond donors (Lipinski definition) is 3. The monoisotopic (exact) mass is 425 g/mol. The van der Waals surface area contributed by atoms with Crippen molar-refractivity contribution >= 4 is 0 Å². The van der Waals surface area contributed by atoms with Crippen LogP contribution in [0.3, 0.4) is 0 Å². The smallest absolute Gasteiger partial charge is 0.328 e. The van der Waals surface area contributed by atoms with E-state index in [0.29, 0.717) is 23.6 Å². The van der Waals surface area contributed by atoms with Crippen LogP contribution in [0, 0.1) is 0 Å². The number of aromatic hydroxyl groups is 1. The Bertz CT molecular complexity index is 1140. The second kappa shape index (κ2) is 9.53. The molecule has 1 atom stereocenters. The Morgan fingerprint density at radius 1 is 0.968 bits per heavy atom. The molecule has 3 aromatic rings. The molecule has 1 heterocycles. The molecule has 0 fully saturated rings. The Labute approximate surface area is 180 Å². The molecule has 3 N–H and O–H groups in total. The largest absolute Gasteiger partial charge is 0.494 e. The molecular weight excluding hydrogens is 398 g/mol. The minimum absolute atomic E-state index is 0.0239. The third-order valence-electron chi connectivity index (χ3n) is 5.16. The van der Waals surface area contributed by atoms with E-state index >= 15 is 0 Å². The van der Waals surface area contributed by atoms with E-state index in [1.54, 1.807) is 12.1 Å². The number of ether oxygens (including phenoxy) is 2. The van der Waals surface area contributed by atoms with Crippen LogP contribution in [0.5, 0.6) is 17.4 Å². The zero-order chi connectivity index (χ0) is 22.5. The molecule has 0 amide bonds. The molecule has 0 aliphatic heterocycles. The van der Waals surface area contributed by atoms with Crippen molar-refractivity contribution in [1.82, 2.24) is 14.9 Å². The number of nitrogens with zero attached hydrogens (tertiary/aromatic N) is 1. The van der Waals surface area contributed by atoms with Crippen molar-refractivity contribution in [2.45, 2.75) is 32.5 Å². The molecule has 1 aromatic heterocycles. The first kappa shape index (κ1) is 22.2. The van der Waals surface area contributed by atoms with Crippen LogP contribution in [0.25, 0.3) is 0 Å². The molecular formula is C23H27N3O5. The summed E-state index contributed by atoms with van der Waals surface area (Å²) < 4.78 is 11.1. The summed E-state index contributed by atoms with van der Waals surface area (Å²) in [6.07, 6.45) is 0. The first-order valence-corrected chi connectivity index (χ1v) is 9.93. The van der Waals surface area contributed by atoms with E-state index in [0.717, 1.165) is 5.56 Å². The van der Waals surface area contributed by atoms with E-state index in [1.165, 1.54) is 14.2 Å². The summed E-state index contributed by atoms with van der Waals surface area (Å²) in [7, 11) is 3.05. The van der Waals surface area contributed by atoms with E-state index in [9.17, 15) is 14.7 Å². The number of benzene rings is 2. The lowest BCUT2D eigenvalue weighted by Crippen LogP contribution is -2.39. The Morgan fingerprint density at radius 2 is 1.68 bits per heavy atom. The first-order chi connectivity index (χ1) is 14.9. The minimum Gasteiger partial charge on any atom is -0.494 e. The first-order valence-electron chi connectivity index (χ1n) is 9.93. The van der Waals surface area contributed by atoms with Crippen molar-refractivity contribution in [2.75, 3.05) is 14.2 Å². The van der Waals surface area contributed by atoms with Crippen LogP contribution < -0.4 is 20.7 Å². The molecule has 164 valence electrons. The number of rotatable bonds is 8. The van der Waals surface area contributed by atoms with Crippen LogP contribution in [0.1, 0.15) is 36.6 Å². The summed E-state index contributed by atoms with van der Waals surface area (Å²) in [6, 6.07) is 14.4. The number of methoxy groups -OCH3 is 2. The summed E-state index contributed by atoms with van der Waals surface area (Å²) in [5.74, 6) is 0.454. The molecule has 8 heteroatoms. The van der Waals surface area contributed by atoms with E-state index in [1.807, 2.05) is 50.2 Å². The fourth-order valence-corrected chi connectivity index (χ4v) is 3.73. The lowest BCUT2D eigenvalue weighted by atomic mass is 9.95. The van der Waals surface area contributed by atoms with E-state index in [4.69, 9.17) is 9.47 Å². The summed E-state index contributed by atoms with van der Waals surface area (Å²) in [5.41, 5.74) is 0.232. The van der Waals surface area contributed by atoms with Crippen LogP contribution in [0.2, 0.25) is 0 Å². The van der Waals surface area contributed by atoms with E-state index < -0.39 is 23.2 Å². The number of aromatic amines is 2. The molecule has 0 radical (unpaired) electrons. The van der Waals surface area contributed by atoms with Gasteiger partial charge in [-0.15, -0.1) is 0 Å². The Kier molecular flexibility index (Phi) is 6.81. The maximum absolute atomic E-state index is 12.9. The average Bonchev–Trinajstić information content (AvgIpc) is 2.74. The summed E-state index contributed by atoms with van der Waals surface area (Å²) in [4.78, 5) is 31.2. The highest BCUT2D eigenvalue weighted by Crippen LogP contribution is 2.41. The Balaban J connectivity index is 2.29. The number of aromatic nitrogens is 2. The van der Waals surface area contributed by atoms with Gasteiger partial charge in [0.15, 0.2) is 11.5 Å². The van der Waals surface area contributed by atoms with Crippen LogP contribution >= 0.6 is 0 Å². The van der Waals surface area contributed by atoms with Gasteiger partial charge in [0.05, 0.1) is 25.8 Å². The molecule has 2 aromatic carbocycles.